The highest BCUT2D eigenvalue weighted by atomic mass is 35.5. The number of amides is 1. The number of rotatable bonds is 8. The van der Waals surface area contributed by atoms with Gasteiger partial charge in [-0.25, -0.2) is 0 Å². The van der Waals surface area contributed by atoms with Gasteiger partial charge in [-0.15, -0.1) is 4.98 Å². The van der Waals surface area contributed by atoms with E-state index in [1.54, 1.807) is 50.5 Å². The number of ether oxygens (including phenoxy) is 2. The number of benzene rings is 2. The van der Waals surface area contributed by atoms with Gasteiger partial charge in [0, 0.05) is 28.8 Å². The molecule has 0 bridgehead atoms. The predicted octanol–water partition coefficient (Wildman–Crippen LogP) is 6.18. The Morgan fingerprint density at radius 2 is 1.89 bits per heavy atom. The number of carbonyl (C=O) groups is 2. The van der Waals surface area contributed by atoms with Crippen LogP contribution in [0.4, 0.5) is 11.5 Å². The molecule has 0 aliphatic rings. The van der Waals surface area contributed by atoms with Crippen molar-refractivity contribution in [3.63, 3.8) is 0 Å². The van der Waals surface area contributed by atoms with Gasteiger partial charge < -0.3 is 19.2 Å². The summed E-state index contributed by atoms with van der Waals surface area (Å²) >= 11 is 6.46. The van der Waals surface area contributed by atoms with Crippen LogP contribution >= 0.6 is 11.6 Å². The van der Waals surface area contributed by atoms with Crippen molar-refractivity contribution in [3.05, 3.63) is 81.8 Å². The van der Waals surface area contributed by atoms with Crippen LogP contribution in [0.3, 0.4) is 0 Å². The zero-order valence-electron chi connectivity index (χ0n) is 20.1. The molecule has 0 fully saturated rings. The standard InChI is InChI=1S/C27H26ClN3O4/c1-6-34-25(32)12-13-35-23-9-7-8-17(2)26(23)31(5)27(33)19-10-11-22(28)20(15-19)21-16-30-24(29-4)14-18(21)3/h7-11,14-16H,6,12-13H2,1-3,5H3. The van der Waals surface area contributed by atoms with Gasteiger partial charge >= 0.3 is 5.97 Å². The molecule has 1 amide bonds. The van der Waals surface area contributed by atoms with Gasteiger partial charge in [0.1, 0.15) is 11.9 Å². The second-order valence-electron chi connectivity index (χ2n) is 7.85. The highest BCUT2D eigenvalue weighted by Gasteiger charge is 2.21. The van der Waals surface area contributed by atoms with Crippen LogP contribution in [0.15, 0.2) is 48.7 Å². The fourth-order valence-electron chi connectivity index (χ4n) is 3.70. The molecule has 3 aromatic rings. The minimum absolute atomic E-state index is 0.110. The van der Waals surface area contributed by atoms with E-state index in [4.69, 9.17) is 27.6 Å². The summed E-state index contributed by atoms with van der Waals surface area (Å²) in [7, 11) is 1.68. The van der Waals surface area contributed by atoms with Crippen molar-refractivity contribution in [2.45, 2.75) is 27.2 Å². The minimum atomic E-state index is -0.339. The number of nitrogens with zero attached hydrogens (tertiary/aromatic N) is 3. The maximum Gasteiger partial charge on any atom is 0.309 e. The molecule has 7 nitrogen and oxygen atoms in total. The molecule has 0 unspecified atom stereocenters. The number of anilines is 1. The Morgan fingerprint density at radius 1 is 1.11 bits per heavy atom. The van der Waals surface area contributed by atoms with Gasteiger partial charge in [-0.2, -0.15) is 0 Å². The number of pyridine rings is 1. The van der Waals surface area contributed by atoms with Crippen LogP contribution in [0.1, 0.15) is 34.8 Å². The lowest BCUT2D eigenvalue weighted by Crippen LogP contribution is -2.27. The fourth-order valence-corrected chi connectivity index (χ4v) is 3.92. The van der Waals surface area contributed by atoms with Crippen molar-refractivity contribution in [1.29, 1.82) is 0 Å². The number of hydrogen-bond acceptors (Lipinski definition) is 5. The SMILES string of the molecule is [C-]#[N+]c1cc(C)c(-c2cc(C(=O)N(C)c3c(C)cccc3OCCC(=O)OCC)ccc2Cl)cn1. The normalized spacial score (nSPS) is 10.4. The molecule has 35 heavy (non-hydrogen) atoms. The van der Waals surface area contributed by atoms with Crippen LogP contribution in [0.2, 0.25) is 5.02 Å². The molecule has 0 spiro atoms. The first-order chi connectivity index (χ1) is 16.8. The third kappa shape index (κ3) is 5.97. The molecule has 180 valence electrons. The lowest BCUT2D eigenvalue weighted by atomic mass is 10.00. The summed E-state index contributed by atoms with van der Waals surface area (Å²) in [6.07, 6.45) is 1.71. The maximum absolute atomic E-state index is 13.5. The lowest BCUT2D eigenvalue weighted by molar-refractivity contribution is -0.143. The van der Waals surface area contributed by atoms with Crippen LogP contribution in [0.25, 0.3) is 16.0 Å². The van der Waals surface area contributed by atoms with E-state index >= 15 is 0 Å². The van der Waals surface area contributed by atoms with Crippen molar-refractivity contribution in [2.24, 2.45) is 0 Å². The van der Waals surface area contributed by atoms with Gasteiger partial charge in [-0.3, -0.25) is 9.59 Å². The highest BCUT2D eigenvalue weighted by molar-refractivity contribution is 6.33. The third-order valence-electron chi connectivity index (χ3n) is 5.42. The monoisotopic (exact) mass is 491 g/mol. The molecule has 2 aromatic carbocycles. The van der Waals surface area contributed by atoms with Gasteiger partial charge in [0.05, 0.1) is 25.3 Å². The quantitative estimate of drug-likeness (QED) is 0.278. The molecule has 3 rings (SSSR count). The molecule has 1 aromatic heterocycles. The molecule has 0 N–H and O–H groups in total. The van der Waals surface area contributed by atoms with E-state index in [0.29, 0.717) is 40.0 Å². The molecular weight excluding hydrogens is 466 g/mol. The Balaban J connectivity index is 1.90. The largest absolute Gasteiger partial charge is 0.491 e. The van der Waals surface area contributed by atoms with Gasteiger partial charge in [0.15, 0.2) is 0 Å². The zero-order valence-corrected chi connectivity index (χ0v) is 20.8. The van der Waals surface area contributed by atoms with E-state index in [0.717, 1.165) is 16.7 Å². The number of carbonyl (C=O) groups excluding carboxylic acids is 2. The van der Waals surface area contributed by atoms with Crippen molar-refractivity contribution in [1.82, 2.24) is 4.98 Å². The number of hydrogen-bond donors (Lipinski definition) is 0. The summed E-state index contributed by atoms with van der Waals surface area (Å²) in [5.74, 6) is 0.198. The van der Waals surface area contributed by atoms with Crippen LogP contribution in [0, 0.1) is 20.4 Å². The van der Waals surface area contributed by atoms with E-state index in [9.17, 15) is 9.59 Å². The number of aryl methyl sites for hydroxylation is 2. The average molecular weight is 492 g/mol. The van der Waals surface area contributed by atoms with Crippen LogP contribution in [0.5, 0.6) is 5.75 Å². The molecule has 0 saturated carbocycles. The van der Waals surface area contributed by atoms with Crippen molar-refractivity contribution < 1.29 is 19.1 Å². The van der Waals surface area contributed by atoms with Crippen molar-refractivity contribution >= 4 is 35.0 Å². The lowest BCUT2D eigenvalue weighted by Gasteiger charge is -2.23. The van der Waals surface area contributed by atoms with E-state index in [1.165, 1.54) is 4.90 Å². The van der Waals surface area contributed by atoms with E-state index in [2.05, 4.69) is 9.83 Å². The second kappa shape index (κ2) is 11.5. The first-order valence-corrected chi connectivity index (χ1v) is 11.4. The summed E-state index contributed by atoms with van der Waals surface area (Å²) < 4.78 is 10.8. The van der Waals surface area contributed by atoms with Gasteiger partial charge in [0.2, 0.25) is 0 Å². The Labute approximate surface area is 210 Å². The molecule has 0 saturated heterocycles. The van der Waals surface area contributed by atoms with Gasteiger partial charge in [0.25, 0.3) is 11.7 Å². The number of aromatic nitrogens is 1. The van der Waals surface area contributed by atoms with Crippen LogP contribution in [-0.2, 0) is 9.53 Å². The topological polar surface area (TPSA) is 73.1 Å². The maximum atomic E-state index is 13.5. The number of esters is 1. The number of halogens is 1. The molecule has 0 aliphatic heterocycles. The zero-order chi connectivity index (χ0) is 25.5. The van der Waals surface area contributed by atoms with E-state index < -0.39 is 0 Å². The fraction of sp³-hybridized carbons (Fsp3) is 0.259. The van der Waals surface area contributed by atoms with Crippen molar-refractivity contribution in [3.8, 4) is 16.9 Å². The molecule has 8 heteroatoms. The molecule has 0 aliphatic carbocycles. The summed E-state index contributed by atoms with van der Waals surface area (Å²) in [4.78, 5) is 34.2. The summed E-state index contributed by atoms with van der Waals surface area (Å²) in [6, 6.07) is 12.2. The summed E-state index contributed by atoms with van der Waals surface area (Å²) in [6.45, 7) is 13.1. The van der Waals surface area contributed by atoms with E-state index in [1.807, 2.05) is 26.0 Å². The number of para-hydroxylation sites is 1. The van der Waals surface area contributed by atoms with Crippen molar-refractivity contribution in [2.75, 3.05) is 25.2 Å². The first-order valence-electron chi connectivity index (χ1n) is 11.1. The summed E-state index contributed by atoms with van der Waals surface area (Å²) in [5, 5.41) is 0.476. The van der Waals surface area contributed by atoms with E-state index in [-0.39, 0.29) is 24.9 Å². The Bertz CT molecular complexity index is 1300. The van der Waals surface area contributed by atoms with Gasteiger partial charge in [-0.1, -0.05) is 30.3 Å². The smallest absolute Gasteiger partial charge is 0.309 e. The minimum Gasteiger partial charge on any atom is -0.491 e. The van der Waals surface area contributed by atoms with Crippen LogP contribution < -0.4 is 9.64 Å². The molecule has 0 atom stereocenters. The third-order valence-corrected chi connectivity index (χ3v) is 5.75. The Hall–Kier alpha value is -3.89. The highest BCUT2D eigenvalue weighted by Crippen LogP contribution is 2.35. The predicted molar refractivity (Wildman–Crippen MR) is 136 cm³/mol. The Kier molecular flexibility index (Phi) is 8.45. The first kappa shape index (κ1) is 25.7. The van der Waals surface area contributed by atoms with Gasteiger partial charge in [-0.05, 0) is 62.2 Å². The molecule has 0 radical (unpaired) electrons. The second-order valence-corrected chi connectivity index (χ2v) is 8.26. The Morgan fingerprint density at radius 3 is 2.57 bits per heavy atom. The summed E-state index contributed by atoms with van der Waals surface area (Å²) in [5.41, 5.74) is 4.13. The van der Waals surface area contributed by atoms with Crippen LogP contribution in [-0.4, -0.2) is 37.1 Å². The average Bonchev–Trinajstić information content (AvgIpc) is 2.84. The molecular formula is C27H26ClN3O4. The molecule has 1 heterocycles.